The highest BCUT2D eigenvalue weighted by Crippen LogP contribution is 2.14. The normalized spacial score (nSPS) is 17.1. The SMILES string of the molecule is CC1NC(=O)CN(Cc2ccc(COC(=O)CCCCC(N)=O)o2)C1=O. The van der Waals surface area contributed by atoms with Crippen LogP contribution >= 0.6 is 0 Å². The van der Waals surface area contributed by atoms with Crippen molar-refractivity contribution in [2.24, 2.45) is 5.73 Å². The summed E-state index contributed by atoms with van der Waals surface area (Å²) in [5.41, 5.74) is 5.02. The van der Waals surface area contributed by atoms with Crippen molar-refractivity contribution in [2.45, 2.75) is 51.8 Å². The Balaban J connectivity index is 1.75. The molecule has 1 saturated heterocycles. The van der Waals surface area contributed by atoms with Gasteiger partial charge in [0.05, 0.1) is 6.54 Å². The van der Waals surface area contributed by atoms with Gasteiger partial charge in [0.2, 0.25) is 17.7 Å². The predicted octanol–water partition coefficient (Wildman–Crippen LogP) is 0.215. The van der Waals surface area contributed by atoms with Crippen molar-refractivity contribution in [3.05, 3.63) is 23.7 Å². The Morgan fingerprint density at radius 2 is 1.96 bits per heavy atom. The Morgan fingerprint density at radius 1 is 1.27 bits per heavy atom. The predicted molar refractivity (Wildman–Crippen MR) is 89.2 cm³/mol. The maximum atomic E-state index is 12.0. The van der Waals surface area contributed by atoms with E-state index < -0.39 is 6.04 Å². The third-order valence-electron chi connectivity index (χ3n) is 3.89. The quantitative estimate of drug-likeness (QED) is 0.475. The van der Waals surface area contributed by atoms with Gasteiger partial charge in [0, 0.05) is 12.8 Å². The molecule has 0 radical (unpaired) electrons. The number of hydrogen-bond acceptors (Lipinski definition) is 6. The van der Waals surface area contributed by atoms with Crippen LogP contribution in [-0.2, 0) is 37.1 Å². The van der Waals surface area contributed by atoms with Crippen LogP contribution in [0.4, 0.5) is 0 Å². The maximum Gasteiger partial charge on any atom is 0.306 e. The van der Waals surface area contributed by atoms with Crippen molar-refractivity contribution >= 4 is 23.7 Å². The van der Waals surface area contributed by atoms with Crippen LogP contribution in [0.5, 0.6) is 0 Å². The van der Waals surface area contributed by atoms with E-state index in [-0.39, 0.29) is 56.2 Å². The summed E-state index contributed by atoms with van der Waals surface area (Å²) in [6, 6.07) is 2.79. The lowest BCUT2D eigenvalue weighted by Gasteiger charge is -2.30. The van der Waals surface area contributed by atoms with E-state index in [1.807, 2.05) is 0 Å². The monoisotopic (exact) mass is 365 g/mol. The molecule has 26 heavy (non-hydrogen) atoms. The minimum absolute atomic E-state index is 0.0144. The Bertz CT molecular complexity index is 684. The van der Waals surface area contributed by atoms with Crippen molar-refractivity contribution in [1.82, 2.24) is 10.2 Å². The molecule has 3 amide bonds. The molecule has 0 bridgehead atoms. The molecule has 1 aromatic rings. The number of piperazine rings is 1. The standard InChI is InChI=1S/C17H23N3O6/c1-11-17(24)20(9-15(22)19-11)8-12-6-7-13(26-12)10-25-16(23)5-3-2-4-14(18)21/h6-7,11H,2-5,8-10H2,1H3,(H2,18,21)(H,19,22). The molecule has 1 aromatic heterocycles. The van der Waals surface area contributed by atoms with Crippen molar-refractivity contribution in [3.8, 4) is 0 Å². The minimum Gasteiger partial charge on any atom is -0.461 e. The third-order valence-corrected chi connectivity index (χ3v) is 3.89. The van der Waals surface area contributed by atoms with Gasteiger partial charge < -0.3 is 25.1 Å². The second-order valence-corrected chi connectivity index (χ2v) is 6.19. The molecule has 2 heterocycles. The molecule has 2 rings (SSSR count). The molecule has 0 aromatic carbocycles. The molecule has 0 aliphatic carbocycles. The van der Waals surface area contributed by atoms with Crippen LogP contribution in [0.15, 0.2) is 16.5 Å². The molecule has 142 valence electrons. The van der Waals surface area contributed by atoms with Gasteiger partial charge in [0.1, 0.15) is 30.7 Å². The highest BCUT2D eigenvalue weighted by atomic mass is 16.5. The van der Waals surface area contributed by atoms with Crippen LogP contribution in [0, 0.1) is 0 Å². The van der Waals surface area contributed by atoms with Crippen LogP contribution in [0.3, 0.4) is 0 Å². The third kappa shape index (κ3) is 5.91. The summed E-state index contributed by atoms with van der Waals surface area (Å²) < 4.78 is 10.6. The number of nitrogens with two attached hydrogens (primary N) is 1. The number of rotatable bonds is 9. The second kappa shape index (κ2) is 9.02. The van der Waals surface area contributed by atoms with E-state index in [1.165, 1.54) is 4.90 Å². The highest BCUT2D eigenvalue weighted by Gasteiger charge is 2.29. The molecular formula is C17H23N3O6. The van der Waals surface area contributed by atoms with Gasteiger partial charge in [-0.3, -0.25) is 19.2 Å². The van der Waals surface area contributed by atoms with Gasteiger partial charge in [-0.25, -0.2) is 0 Å². The average molecular weight is 365 g/mol. The zero-order chi connectivity index (χ0) is 19.1. The molecule has 1 aliphatic rings. The maximum absolute atomic E-state index is 12.0. The molecule has 1 unspecified atom stereocenters. The summed E-state index contributed by atoms with van der Waals surface area (Å²) in [5.74, 6) is -0.205. The van der Waals surface area contributed by atoms with Gasteiger partial charge in [0.15, 0.2) is 0 Å². The summed E-state index contributed by atoms with van der Waals surface area (Å²) in [7, 11) is 0. The van der Waals surface area contributed by atoms with Gasteiger partial charge in [-0.1, -0.05) is 0 Å². The lowest BCUT2D eigenvalue weighted by Crippen LogP contribution is -2.56. The van der Waals surface area contributed by atoms with E-state index in [0.717, 1.165) is 0 Å². The van der Waals surface area contributed by atoms with E-state index in [1.54, 1.807) is 19.1 Å². The Morgan fingerprint density at radius 3 is 2.69 bits per heavy atom. The minimum atomic E-state index is -0.554. The fourth-order valence-electron chi connectivity index (χ4n) is 2.57. The Hall–Kier alpha value is -2.84. The van der Waals surface area contributed by atoms with E-state index in [9.17, 15) is 19.2 Å². The number of ether oxygens (including phenoxy) is 1. The first-order chi connectivity index (χ1) is 12.3. The molecular weight excluding hydrogens is 342 g/mol. The number of furan rings is 1. The lowest BCUT2D eigenvalue weighted by molar-refractivity contribution is -0.145. The number of primary amides is 1. The molecule has 3 N–H and O–H groups in total. The molecule has 1 aliphatic heterocycles. The summed E-state index contributed by atoms with van der Waals surface area (Å²) in [4.78, 5) is 47.2. The average Bonchev–Trinajstić information content (AvgIpc) is 3.01. The number of carbonyl (C=O) groups excluding carboxylic acids is 4. The number of amides is 3. The fourth-order valence-corrected chi connectivity index (χ4v) is 2.57. The van der Waals surface area contributed by atoms with E-state index in [0.29, 0.717) is 24.4 Å². The van der Waals surface area contributed by atoms with Crippen LogP contribution < -0.4 is 11.1 Å². The largest absolute Gasteiger partial charge is 0.461 e. The molecule has 0 spiro atoms. The molecule has 0 saturated carbocycles. The van der Waals surface area contributed by atoms with Crippen LogP contribution in [0.2, 0.25) is 0 Å². The summed E-state index contributed by atoms with van der Waals surface area (Å²) in [5, 5.41) is 2.57. The molecule has 9 nitrogen and oxygen atoms in total. The smallest absolute Gasteiger partial charge is 0.306 e. The zero-order valence-corrected chi connectivity index (χ0v) is 14.7. The Labute approximate surface area is 150 Å². The van der Waals surface area contributed by atoms with E-state index in [2.05, 4.69) is 5.32 Å². The topological polar surface area (TPSA) is 132 Å². The van der Waals surface area contributed by atoms with Crippen molar-refractivity contribution < 1.29 is 28.3 Å². The van der Waals surface area contributed by atoms with E-state index >= 15 is 0 Å². The van der Waals surface area contributed by atoms with Crippen molar-refractivity contribution in [3.63, 3.8) is 0 Å². The number of nitrogens with one attached hydrogen (secondary N) is 1. The zero-order valence-electron chi connectivity index (χ0n) is 14.7. The highest BCUT2D eigenvalue weighted by molar-refractivity contribution is 5.94. The molecule has 1 atom stereocenters. The number of esters is 1. The van der Waals surface area contributed by atoms with Gasteiger partial charge in [-0.05, 0) is 31.9 Å². The number of carbonyl (C=O) groups is 4. The number of hydrogen-bond donors (Lipinski definition) is 2. The van der Waals surface area contributed by atoms with Crippen LogP contribution in [-0.4, -0.2) is 41.2 Å². The van der Waals surface area contributed by atoms with Gasteiger partial charge in [-0.2, -0.15) is 0 Å². The van der Waals surface area contributed by atoms with Crippen LogP contribution in [0.25, 0.3) is 0 Å². The first-order valence-corrected chi connectivity index (χ1v) is 8.45. The number of unbranched alkanes of at least 4 members (excludes halogenated alkanes) is 1. The second-order valence-electron chi connectivity index (χ2n) is 6.19. The summed E-state index contributed by atoms with van der Waals surface area (Å²) >= 11 is 0. The first-order valence-electron chi connectivity index (χ1n) is 8.45. The Kier molecular flexibility index (Phi) is 6.76. The van der Waals surface area contributed by atoms with Crippen molar-refractivity contribution in [2.75, 3.05) is 6.54 Å². The van der Waals surface area contributed by atoms with Crippen LogP contribution in [0.1, 0.15) is 44.1 Å². The van der Waals surface area contributed by atoms with Crippen molar-refractivity contribution in [1.29, 1.82) is 0 Å². The van der Waals surface area contributed by atoms with Gasteiger partial charge >= 0.3 is 5.97 Å². The fraction of sp³-hybridized carbons (Fsp3) is 0.529. The summed E-state index contributed by atoms with van der Waals surface area (Å²) in [6.45, 7) is 1.78. The molecule has 1 fully saturated rings. The van der Waals surface area contributed by atoms with Gasteiger partial charge in [0.25, 0.3) is 0 Å². The lowest BCUT2D eigenvalue weighted by atomic mass is 10.2. The molecule has 9 heteroatoms. The summed E-state index contributed by atoms with van der Waals surface area (Å²) in [6.07, 6.45) is 1.53. The first kappa shape index (κ1) is 19.5. The van der Waals surface area contributed by atoms with E-state index in [4.69, 9.17) is 14.9 Å². The number of nitrogens with zero attached hydrogens (tertiary/aromatic N) is 1. The van der Waals surface area contributed by atoms with Gasteiger partial charge in [-0.15, -0.1) is 0 Å².